The number of rotatable bonds is 6. The van der Waals surface area contributed by atoms with Crippen LogP contribution in [0, 0.1) is 11.8 Å². The number of hydrogen-bond acceptors (Lipinski definition) is 3. The van der Waals surface area contributed by atoms with Crippen molar-refractivity contribution in [2.75, 3.05) is 13.1 Å². The van der Waals surface area contributed by atoms with Crippen LogP contribution >= 0.6 is 23.4 Å². The summed E-state index contributed by atoms with van der Waals surface area (Å²) in [6, 6.07) is 18.5. The van der Waals surface area contributed by atoms with Crippen molar-refractivity contribution in [3.63, 3.8) is 0 Å². The highest BCUT2D eigenvalue weighted by molar-refractivity contribution is 8.13. The third kappa shape index (κ3) is 4.91. The molecule has 3 rings (SSSR count). The second-order valence-corrected chi connectivity index (χ2v) is 8.79. The minimum atomic E-state index is 0.103. The van der Waals surface area contributed by atoms with E-state index in [1.54, 1.807) is 0 Å². The van der Waals surface area contributed by atoms with Gasteiger partial charge in [0.05, 0.1) is 0 Å². The fourth-order valence-electron chi connectivity index (χ4n) is 3.90. The van der Waals surface area contributed by atoms with E-state index in [1.807, 2.05) is 24.3 Å². The molecule has 2 atom stereocenters. The molecule has 1 aliphatic heterocycles. The van der Waals surface area contributed by atoms with Gasteiger partial charge in [-0.1, -0.05) is 67.5 Å². The number of thioether (sulfide) groups is 1. The van der Waals surface area contributed by atoms with Crippen molar-refractivity contribution in [2.45, 2.75) is 37.6 Å². The van der Waals surface area contributed by atoms with E-state index in [0.29, 0.717) is 17.0 Å². The molecule has 0 bridgehead atoms. The lowest BCUT2D eigenvalue weighted by atomic mass is 9.92. The lowest BCUT2D eigenvalue weighted by Gasteiger charge is -2.30. The molecular weight excluding hydrogens is 362 g/mol. The zero-order valence-electron chi connectivity index (χ0n) is 15.4. The molecule has 0 spiro atoms. The zero-order valence-corrected chi connectivity index (χ0v) is 17.0. The Bertz CT molecular complexity index is 717. The van der Waals surface area contributed by atoms with Gasteiger partial charge in [-0.15, -0.1) is 0 Å². The van der Waals surface area contributed by atoms with Crippen LogP contribution in [0.1, 0.15) is 25.8 Å². The quantitative estimate of drug-likeness (QED) is 0.606. The van der Waals surface area contributed by atoms with Crippen molar-refractivity contribution in [2.24, 2.45) is 11.8 Å². The number of likely N-dealkylation sites (tertiary alicyclic amines) is 1. The lowest BCUT2D eigenvalue weighted by molar-refractivity contribution is -0.115. The van der Waals surface area contributed by atoms with Gasteiger partial charge in [0.25, 0.3) is 0 Å². The lowest BCUT2D eigenvalue weighted by Crippen LogP contribution is -2.40. The molecule has 0 saturated carbocycles. The minimum Gasteiger partial charge on any atom is -0.299 e. The second-order valence-electron chi connectivity index (χ2n) is 7.28. The monoisotopic (exact) mass is 387 g/mol. The highest BCUT2D eigenvalue weighted by Gasteiger charge is 2.40. The molecule has 0 aliphatic carbocycles. The van der Waals surface area contributed by atoms with Crippen molar-refractivity contribution >= 4 is 28.5 Å². The zero-order chi connectivity index (χ0) is 18.5. The molecule has 0 aromatic heterocycles. The van der Waals surface area contributed by atoms with Crippen molar-refractivity contribution in [1.82, 2.24) is 4.90 Å². The summed E-state index contributed by atoms with van der Waals surface area (Å²) in [7, 11) is 0. The van der Waals surface area contributed by atoms with Gasteiger partial charge in [-0.2, -0.15) is 0 Å². The number of carbonyl (C=O) groups excluding carboxylic acids is 1. The molecule has 4 heteroatoms. The number of halogens is 1. The summed E-state index contributed by atoms with van der Waals surface area (Å²) in [4.78, 5) is 16.4. The van der Waals surface area contributed by atoms with Crippen molar-refractivity contribution < 1.29 is 4.79 Å². The van der Waals surface area contributed by atoms with Gasteiger partial charge in [0, 0.05) is 28.4 Å². The average Bonchev–Trinajstić information content (AvgIpc) is 3.07. The number of carbonyl (C=O) groups is 1. The van der Waals surface area contributed by atoms with E-state index in [0.717, 1.165) is 30.8 Å². The number of hydrogen-bond donors (Lipinski definition) is 0. The van der Waals surface area contributed by atoms with Gasteiger partial charge >= 0.3 is 0 Å². The largest absolute Gasteiger partial charge is 0.299 e. The Morgan fingerprint density at radius 1 is 1.15 bits per heavy atom. The standard InChI is InChI=1S/C22H26ClNOS/c1-16(2)21-20(22(25)26-19-10-8-18(23)9-11-19)13-15-24(21)14-12-17-6-4-3-5-7-17/h3-11,16,20-21H,12-15H2,1-2H3/t20-,21-/m1/s1. The maximum atomic E-state index is 12.9. The van der Waals surface area contributed by atoms with Crippen molar-refractivity contribution in [3.05, 3.63) is 65.2 Å². The van der Waals surface area contributed by atoms with Gasteiger partial charge in [0.1, 0.15) is 0 Å². The predicted molar refractivity (Wildman–Crippen MR) is 111 cm³/mol. The van der Waals surface area contributed by atoms with Crippen molar-refractivity contribution in [1.29, 1.82) is 0 Å². The van der Waals surface area contributed by atoms with Crippen LogP contribution in [0.25, 0.3) is 0 Å². The first kappa shape index (κ1) is 19.5. The molecule has 1 heterocycles. The second kappa shape index (κ2) is 9.07. The first-order chi connectivity index (χ1) is 12.5. The first-order valence-corrected chi connectivity index (χ1v) is 10.5. The van der Waals surface area contributed by atoms with Crippen LogP contribution in [0.2, 0.25) is 5.02 Å². The van der Waals surface area contributed by atoms with E-state index >= 15 is 0 Å². The first-order valence-electron chi connectivity index (χ1n) is 9.30. The number of benzene rings is 2. The molecule has 0 radical (unpaired) electrons. The van der Waals surface area contributed by atoms with E-state index in [4.69, 9.17) is 11.6 Å². The summed E-state index contributed by atoms with van der Waals surface area (Å²) in [6.07, 6.45) is 1.99. The fraction of sp³-hybridized carbons (Fsp3) is 0.409. The van der Waals surface area contributed by atoms with Gasteiger partial charge in [-0.25, -0.2) is 0 Å². The summed E-state index contributed by atoms with van der Waals surface area (Å²) in [5.41, 5.74) is 1.36. The summed E-state index contributed by atoms with van der Waals surface area (Å²) in [5, 5.41) is 0.989. The summed E-state index contributed by atoms with van der Waals surface area (Å²) < 4.78 is 0. The topological polar surface area (TPSA) is 20.3 Å². The van der Waals surface area contributed by atoms with Crippen LogP contribution in [-0.2, 0) is 11.2 Å². The Labute approximate surface area is 165 Å². The van der Waals surface area contributed by atoms with Crippen LogP contribution in [-0.4, -0.2) is 29.1 Å². The molecular formula is C22H26ClNOS. The molecule has 2 aromatic rings. The van der Waals surface area contributed by atoms with Crippen LogP contribution in [0.3, 0.4) is 0 Å². The highest BCUT2D eigenvalue weighted by atomic mass is 35.5. The molecule has 2 aromatic carbocycles. The summed E-state index contributed by atoms with van der Waals surface area (Å²) in [5.74, 6) is 0.569. The predicted octanol–water partition coefficient (Wildman–Crippen LogP) is 5.55. The van der Waals surface area contributed by atoms with Crippen LogP contribution in [0.4, 0.5) is 0 Å². The average molecular weight is 388 g/mol. The normalized spacial score (nSPS) is 20.6. The Morgan fingerprint density at radius 2 is 1.85 bits per heavy atom. The molecule has 0 amide bonds. The maximum absolute atomic E-state index is 12.9. The van der Waals surface area contributed by atoms with Crippen LogP contribution < -0.4 is 0 Å². The molecule has 0 N–H and O–H groups in total. The maximum Gasteiger partial charge on any atom is 0.198 e. The molecule has 1 aliphatic rings. The Hall–Kier alpha value is -1.29. The molecule has 1 saturated heterocycles. The highest BCUT2D eigenvalue weighted by Crippen LogP contribution is 2.35. The summed E-state index contributed by atoms with van der Waals surface area (Å²) >= 11 is 7.31. The van der Waals surface area contributed by atoms with Gasteiger partial charge < -0.3 is 0 Å². The van der Waals surface area contributed by atoms with E-state index in [2.05, 4.69) is 49.1 Å². The third-order valence-corrected chi connectivity index (χ3v) is 6.37. The van der Waals surface area contributed by atoms with E-state index < -0.39 is 0 Å². The molecule has 26 heavy (non-hydrogen) atoms. The third-order valence-electron chi connectivity index (χ3n) is 5.11. The fourth-order valence-corrected chi connectivity index (χ4v) is 4.93. The van der Waals surface area contributed by atoms with Crippen molar-refractivity contribution in [3.8, 4) is 0 Å². The van der Waals surface area contributed by atoms with E-state index in [1.165, 1.54) is 17.3 Å². The van der Waals surface area contributed by atoms with Crippen LogP contribution in [0.5, 0.6) is 0 Å². The van der Waals surface area contributed by atoms with Gasteiger partial charge in [-0.3, -0.25) is 9.69 Å². The van der Waals surface area contributed by atoms with E-state index in [9.17, 15) is 4.79 Å². The van der Waals surface area contributed by atoms with Crippen LogP contribution in [0.15, 0.2) is 59.5 Å². The Kier molecular flexibility index (Phi) is 6.80. The van der Waals surface area contributed by atoms with Gasteiger partial charge in [0.15, 0.2) is 5.12 Å². The number of nitrogens with zero attached hydrogens (tertiary/aromatic N) is 1. The molecule has 2 nitrogen and oxygen atoms in total. The smallest absolute Gasteiger partial charge is 0.198 e. The Balaban J connectivity index is 1.63. The molecule has 138 valence electrons. The van der Waals surface area contributed by atoms with E-state index in [-0.39, 0.29) is 11.0 Å². The van der Waals surface area contributed by atoms with Gasteiger partial charge in [0.2, 0.25) is 0 Å². The molecule has 0 unspecified atom stereocenters. The minimum absolute atomic E-state index is 0.103. The SMILES string of the molecule is CC(C)[C@@H]1[C@H](C(=O)Sc2ccc(Cl)cc2)CCN1CCc1ccccc1. The summed E-state index contributed by atoms with van der Waals surface area (Å²) in [6.45, 7) is 6.49. The molecule has 1 fully saturated rings. The van der Waals surface area contributed by atoms with Gasteiger partial charge in [-0.05, 0) is 55.1 Å². The Morgan fingerprint density at radius 3 is 2.50 bits per heavy atom.